The monoisotopic (exact) mass is 423 g/mol. The fourth-order valence-electron chi connectivity index (χ4n) is 3.44. The molecule has 0 radical (unpaired) electrons. The van der Waals surface area contributed by atoms with Crippen LogP contribution in [0, 0.1) is 10.1 Å². The highest BCUT2D eigenvalue weighted by Gasteiger charge is 2.40. The molecule has 160 valence electrons. The van der Waals surface area contributed by atoms with Crippen molar-refractivity contribution < 1.29 is 24.1 Å². The molecule has 31 heavy (non-hydrogen) atoms. The van der Waals surface area contributed by atoms with Gasteiger partial charge in [0.15, 0.2) is 5.78 Å². The van der Waals surface area contributed by atoms with Gasteiger partial charge >= 0.3 is 0 Å². The van der Waals surface area contributed by atoms with E-state index in [-0.39, 0.29) is 41.5 Å². The van der Waals surface area contributed by atoms with Gasteiger partial charge in [0.1, 0.15) is 5.56 Å². The van der Waals surface area contributed by atoms with Crippen LogP contribution in [-0.2, 0) is 4.79 Å². The van der Waals surface area contributed by atoms with Gasteiger partial charge in [0.05, 0.1) is 10.5 Å². The highest BCUT2D eigenvalue weighted by atomic mass is 16.6. The third-order valence-electron chi connectivity index (χ3n) is 5.01. The molecule has 1 aliphatic rings. The number of fused-ring (bicyclic) bond motifs is 1. The second-order valence-corrected chi connectivity index (χ2v) is 7.21. The van der Waals surface area contributed by atoms with Crippen LogP contribution >= 0.6 is 0 Å². The number of carbonyl (C=O) groups excluding carboxylic acids is 4. The van der Waals surface area contributed by atoms with Crippen LogP contribution in [0.2, 0.25) is 0 Å². The zero-order valence-corrected chi connectivity index (χ0v) is 16.9. The Bertz CT molecular complexity index is 1080. The van der Waals surface area contributed by atoms with E-state index in [9.17, 15) is 29.3 Å². The van der Waals surface area contributed by atoms with Gasteiger partial charge in [0, 0.05) is 30.3 Å². The molecule has 0 unspecified atom stereocenters. The summed E-state index contributed by atoms with van der Waals surface area (Å²) >= 11 is 0. The van der Waals surface area contributed by atoms with Crippen LogP contribution in [0.3, 0.4) is 0 Å². The molecule has 2 aromatic carbocycles. The zero-order chi connectivity index (χ0) is 22.5. The lowest BCUT2D eigenvalue weighted by Gasteiger charge is -2.13. The number of nitrogens with one attached hydrogen (secondary N) is 1. The largest absolute Gasteiger partial charge is 0.326 e. The average molecular weight is 423 g/mol. The molecule has 2 aromatic rings. The number of hydrogen-bond acceptors (Lipinski definition) is 6. The van der Waals surface area contributed by atoms with Gasteiger partial charge in [-0.25, -0.2) is 0 Å². The Hall–Kier alpha value is -3.88. The van der Waals surface area contributed by atoms with Crippen molar-refractivity contribution in [3.8, 4) is 0 Å². The van der Waals surface area contributed by atoms with E-state index in [1.807, 2.05) is 0 Å². The summed E-state index contributed by atoms with van der Waals surface area (Å²) in [6.45, 7) is 1.58. The summed E-state index contributed by atoms with van der Waals surface area (Å²) < 4.78 is 0. The smallest absolute Gasteiger partial charge is 0.282 e. The number of nitro benzene ring substituents is 1. The first kappa shape index (κ1) is 21.8. The fourth-order valence-corrected chi connectivity index (χ4v) is 3.44. The van der Waals surface area contributed by atoms with Crippen LogP contribution < -0.4 is 5.32 Å². The molecule has 1 heterocycles. The van der Waals surface area contributed by atoms with Gasteiger partial charge < -0.3 is 5.32 Å². The van der Waals surface area contributed by atoms with Crippen molar-refractivity contribution in [1.82, 2.24) is 4.90 Å². The number of ketones is 1. The quantitative estimate of drug-likeness (QED) is 0.216. The highest BCUT2D eigenvalue weighted by Crippen LogP contribution is 2.30. The number of Topliss-reactive ketones (excluding diaryl/α,β-unsaturated/α-hetero) is 1. The standard InChI is InChI=1S/C22H21N3O6/c1-14(26)15-7-5-8-16(13-15)23-19(27)11-3-2-4-12-24-21(28)17-9-6-10-18(25(30)31)20(17)22(24)29/h5-10,13H,2-4,11-12H2,1H3,(H,23,27). The van der Waals surface area contributed by atoms with Crippen molar-refractivity contribution in [2.24, 2.45) is 0 Å². The SMILES string of the molecule is CC(=O)c1cccc(NC(=O)CCCCCN2C(=O)c3cccc([N+](=O)[O-])c3C2=O)c1. The van der Waals surface area contributed by atoms with E-state index in [1.165, 1.54) is 25.1 Å². The first-order chi connectivity index (χ1) is 14.8. The van der Waals surface area contributed by atoms with E-state index in [1.54, 1.807) is 24.3 Å². The van der Waals surface area contributed by atoms with Crippen LogP contribution in [0.1, 0.15) is 63.7 Å². The average Bonchev–Trinajstić information content (AvgIpc) is 2.98. The number of rotatable bonds is 9. The van der Waals surface area contributed by atoms with Crippen LogP contribution in [0.5, 0.6) is 0 Å². The molecule has 0 bridgehead atoms. The third kappa shape index (κ3) is 4.82. The molecule has 0 atom stereocenters. The number of nitrogens with zero attached hydrogens (tertiary/aromatic N) is 2. The molecule has 0 saturated carbocycles. The van der Waals surface area contributed by atoms with Crippen LogP contribution in [0.15, 0.2) is 42.5 Å². The molecule has 0 aliphatic carbocycles. The van der Waals surface area contributed by atoms with Gasteiger partial charge in [-0.2, -0.15) is 0 Å². The second-order valence-electron chi connectivity index (χ2n) is 7.21. The van der Waals surface area contributed by atoms with E-state index in [2.05, 4.69) is 5.32 Å². The Labute approximate surface area is 178 Å². The highest BCUT2D eigenvalue weighted by molar-refractivity contribution is 6.23. The van der Waals surface area contributed by atoms with Gasteiger partial charge in [0.2, 0.25) is 5.91 Å². The van der Waals surface area contributed by atoms with Crippen molar-refractivity contribution in [3.63, 3.8) is 0 Å². The molecular weight excluding hydrogens is 402 g/mol. The first-order valence-electron chi connectivity index (χ1n) is 9.84. The maximum atomic E-state index is 12.5. The first-order valence-corrected chi connectivity index (χ1v) is 9.84. The summed E-state index contributed by atoms with van der Waals surface area (Å²) in [7, 11) is 0. The summed E-state index contributed by atoms with van der Waals surface area (Å²) in [5, 5.41) is 13.9. The van der Waals surface area contributed by atoms with E-state index < -0.39 is 16.7 Å². The summed E-state index contributed by atoms with van der Waals surface area (Å²) in [4.78, 5) is 59.9. The van der Waals surface area contributed by atoms with Crippen LogP contribution in [0.4, 0.5) is 11.4 Å². The van der Waals surface area contributed by atoms with E-state index in [0.717, 1.165) is 4.90 Å². The summed E-state index contributed by atoms with van der Waals surface area (Å²) in [6.07, 6.45) is 1.86. The fraction of sp³-hybridized carbons (Fsp3) is 0.273. The van der Waals surface area contributed by atoms with Crippen molar-refractivity contribution in [1.29, 1.82) is 0 Å². The van der Waals surface area contributed by atoms with Gasteiger partial charge in [-0.05, 0) is 38.0 Å². The number of imide groups is 1. The number of benzene rings is 2. The minimum absolute atomic E-state index is 0.0476. The Balaban J connectivity index is 1.47. The number of hydrogen-bond donors (Lipinski definition) is 1. The van der Waals surface area contributed by atoms with Crippen molar-refractivity contribution in [2.75, 3.05) is 11.9 Å². The number of unbranched alkanes of at least 4 members (excludes halogenated alkanes) is 2. The van der Waals surface area contributed by atoms with E-state index >= 15 is 0 Å². The van der Waals surface area contributed by atoms with Gasteiger partial charge in [-0.3, -0.25) is 34.2 Å². The Morgan fingerprint density at radius 1 is 1.03 bits per heavy atom. The molecule has 1 N–H and O–H groups in total. The molecule has 3 rings (SSSR count). The van der Waals surface area contributed by atoms with Gasteiger partial charge in [-0.15, -0.1) is 0 Å². The molecule has 9 heteroatoms. The van der Waals surface area contributed by atoms with Crippen molar-refractivity contribution >= 4 is 34.9 Å². The Morgan fingerprint density at radius 3 is 2.48 bits per heavy atom. The molecule has 0 fully saturated rings. The summed E-state index contributed by atoms with van der Waals surface area (Å²) in [5.41, 5.74) is 0.573. The predicted octanol–water partition coefficient (Wildman–Crippen LogP) is 3.59. The Kier molecular flexibility index (Phi) is 6.54. The molecule has 0 aromatic heterocycles. The van der Waals surface area contributed by atoms with Crippen molar-refractivity contribution in [3.05, 3.63) is 69.3 Å². The predicted molar refractivity (Wildman–Crippen MR) is 112 cm³/mol. The summed E-state index contributed by atoms with van der Waals surface area (Å²) in [6, 6.07) is 10.7. The lowest BCUT2D eigenvalue weighted by Crippen LogP contribution is -2.30. The lowest BCUT2D eigenvalue weighted by atomic mass is 10.1. The summed E-state index contributed by atoms with van der Waals surface area (Å²) in [5.74, 6) is -1.48. The maximum absolute atomic E-state index is 12.5. The maximum Gasteiger partial charge on any atom is 0.282 e. The molecule has 0 spiro atoms. The van der Waals surface area contributed by atoms with Gasteiger partial charge in [-0.1, -0.05) is 24.6 Å². The van der Waals surface area contributed by atoms with Crippen LogP contribution in [-0.4, -0.2) is 39.9 Å². The topological polar surface area (TPSA) is 127 Å². The van der Waals surface area contributed by atoms with Crippen LogP contribution in [0.25, 0.3) is 0 Å². The molecule has 1 aliphatic heterocycles. The lowest BCUT2D eigenvalue weighted by molar-refractivity contribution is -0.385. The van der Waals surface area contributed by atoms with E-state index in [0.29, 0.717) is 30.5 Å². The number of carbonyl (C=O) groups is 4. The zero-order valence-electron chi connectivity index (χ0n) is 16.9. The minimum atomic E-state index is -0.668. The number of nitro groups is 1. The minimum Gasteiger partial charge on any atom is -0.326 e. The van der Waals surface area contributed by atoms with E-state index in [4.69, 9.17) is 0 Å². The molecular formula is C22H21N3O6. The van der Waals surface area contributed by atoms with Crippen molar-refractivity contribution in [2.45, 2.75) is 32.6 Å². The molecule has 0 saturated heterocycles. The third-order valence-corrected chi connectivity index (χ3v) is 5.01. The van der Waals surface area contributed by atoms with Gasteiger partial charge in [0.25, 0.3) is 17.5 Å². The molecule has 9 nitrogen and oxygen atoms in total. The Morgan fingerprint density at radius 2 is 1.77 bits per heavy atom. The normalized spacial score (nSPS) is 12.6. The second kappa shape index (κ2) is 9.29. The molecule has 3 amide bonds. The number of amides is 3. The number of anilines is 1.